The van der Waals surface area contributed by atoms with Gasteiger partial charge in [-0.15, -0.1) is 13.2 Å². The Morgan fingerprint density at radius 3 is 1.58 bits per heavy atom. The molecule has 0 N–H and O–H groups in total. The van der Waals surface area contributed by atoms with Gasteiger partial charge in [-0.3, -0.25) is 0 Å². The van der Waals surface area contributed by atoms with Crippen LogP contribution in [0.5, 0.6) is 0 Å². The third-order valence-electron chi connectivity index (χ3n) is 1.32. The van der Waals surface area contributed by atoms with Gasteiger partial charge in [0, 0.05) is 19.0 Å². The van der Waals surface area contributed by atoms with Crippen LogP contribution in [0.2, 0.25) is 25.2 Å². The molecule has 0 radical (unpaired) electrons. The molecule has 0 aromatic rings. The Hall–Kier alpha value is -0.0862. The maximum Gasteiger partial charge on any atom is 0.0204 e. The summed E-state index contributed by atoms with van der Waals surface area (Å²) in [5.74, 6) is 0. The van der Waals surface area contributed by atoms with E-state index in [1.807, 2.05) is 12.2 Å². The zero-order valence-electron chi connectivity index (χ0n) is 8.81. The number of hydrogen-bond donors (Lipinski definition) is 0. The molecule has 72 valence electrons. The predicted molar refractivity (Wildman–Crippen MR) is 68.1 cm³/mol. The SMILES string of the molecule is C=CCC[SiH2]CCC=C.C[SiH2]C. The van der Waals surface area contributed by atoms with Crippen LogP contribution in [0.4, 0.5) is 0 Å². The van der Waals surface area contributed by atoms with Crippen molar-refractivity contribution in [2.75, 3.05) is 0 Å². The molecule has 0 aliphatic carbocycles. The second-order valence-electron chi connectivity index (χ2n) is 2.92. The highest BCUT2D eigenvalue weighted by Gasteiger charge is 1.84. The first-order chi connectivity index (χ1) is 5.83. The van der Waals surface area contributed by atoms with Gasteiger partial charge in [-0.25, -0.2) is 0 Å². The maximum atomic E-state index is 3.68. The molecule has 0 saturated carbocycles. The number of allylic oxidation sites excluding steroid dienone is 2. The van der Waals surface area contributed by atoms with E-state index in [9.17, 15) is 0 Å². The zero-order valence-corrected chi connectivity index (χ0v) is 11.6. The van der Waals surface area contributed by atoms with E-state index >= 15 is 0 Å². The normalized spacial score (nSPS) is 8.17. The molecule has 0 fully saturated rings. The van der Waals surface area contributed by atoms with Gasteiger partial charge in [0.05, 0.1) is 0 Å². The Morgan fingerprint density at radius 2 is 1.33 bits per heavy atom. The van der Waals surface area contributed by atoms with Gasteiger partial charge in [0.1, 0.15) is 0 Å². The second-order valence-corrected chi connectivity index (χ2v) is 6.46. The summed E-state index contributed by atoms with van der Waals surface area (Å²) in [6, 6.07) is 2.86. The molecule has 0 saturated heterocycles. The molecule has 0 aliphatic rings. The standard InChI is InChI=1S/C8H16Si.C2H8Si/c1-3-5-7-9-8-6-4-2;1-3-2/h3-4H,1-2,5-9H2;3H2,1-2H3. The fraction of sp³-hybridized carbons (Fsp3) is 0.600. The summed E-state index contributed by atoms with van der Waals surface area (Å²) >= 11 is 0. The Labute approximate surface area is 82.8 Å². The molecule has 0 spiro atoms. The van der Waals surface area contributed by atoms with Crippen LogP contribution < -0.4 is 0 Å². The largest absolute Gasteiger partial charge is 0.103 e. The van der Waals surface area contributed by atoms with E-state index in [1.54, 1.807) is 0 Å². The molecule has 0 atom stereocenters. The lowest BCUT2D eigenvalue weighted by molar-refractivity contribution is 1.14. The first-order valence-electron chi connectivity index (χ1n) is 5.05. The zero-order chi connectivity index (χ0) is 9.66. The Morgan fingerprint density at radius 1 is 1.00 bits per heavy atom. The Balaban J connectivity index is 0. The quantitative estimate of drug-likeness (QED) is 0.351. The smallest absolute Gasteiger partial charge is 0.0204 e. The van der Waals surface area contributed by atoms with Crippen molar-refractivity contribution in [3.8, 4) is 0 Å². The molecular formula is C10H24Si2. The van der Waals surface area contributed by atoms with Crippen LogP contribution >= 0.6 is 0 Å². The fourth-order valence-electron chi connectivity index (χ4n) is 0.754. The Bertz CT molecular complexity index is 79.8. The lowest BCUT2D eigenvalue weighted by Gasteiger charge is -1.91. The molecule has 0 aliphatic heterocycles. The molecule has 12 heavy (non-hydrogen) atoms. The average Bonchev–Trinajstić information content (AvgIpc) is 2.06. The van der Waals surface area contributed by atoms with E-state index in [1.165, 1.54) is 24.9 Å². The van der Waals surface area contributed by atoms with Crippen molar-refractivity contribution in [3.63, 3.8) is 0 Å². The van der Waals surface area contributed by atoms with E-state index in [2.05, 4.69) is 26.3 Å². The van der Waals surface area contributed by atoms with Crippen molar-refractivity contribution in [1.29, 1.82) is 0 Å². The van der Waals surface area contributed by atoms with Gasteiger partial charge in [0.15, 0.2) is 0 Å². The van der Waals surface area contributed by atoms with Gasteiger partial charge in [0.2, 0.25) is 0 Å². The summed E-state index contributed by atoms with van der Waals surface area (Å²) in [5.41, 5.74) is 0. The number of hydrogen-bond acceptors (Lipinski definition) is 0. The van der Waals surface area contributed by atoms with Crippen LogP contribution in [0.25, 0.3) is 0 Å². The van der Waals surface area contributed by atoms with E-state index in [-0.39, 0.29) is 9.52 Å². The summed E-state index contributed by atoms with van der Waals surface area (Å²) in [6.07, 6.45) is 6.48. The lowest BCUT2D eigenvalue weighted by atomic mass is 10.5. The van der Waals surface area contributed by atoms with Crippen molar-refractivity contribution >= 4 is 19.0 Å². The summed E-state index contributed by atoms with van der Waals surface area (Å²) in [7, 11) is 0.663. The molecular weight excluding hydrogens is 176 g/mol. The summed E-state index contributed by atoms with van der Waals surface area (Å²) in [6.45, 7) is 11.9. The summed E-state index contributed by atoms with van der Waals surface area (Å²) < 4.78 is 0. The van der Waals surface area contributed by atoms with Crippen LogP contribution in [0.3, 0.4) is 0 Å². The molecule has 0 rings (SSSR count). The van der Waals surface area contributed by atoms with E-state index in [0.717, 1.165) is 0 Å². The first kappa shape index (κ1) is 14.4. The van der Waals surface area contributed by atoms with Crippen molar-refractivity contribution in [1.82, 2.24) is 0 Å². The van der Waals surface area contributed by atoms with E-state index < -0.39 is 0 Å². The van der Waals surface area contributed by atoms with Crippen LogP contribution in [-0.2, 0) is 0 Å². The van der Waals surface area contributed by atoms with Crippen molar-refractivity contribution in [2.45, 2.75) is 38.0 Å². The van der Waals surface area contributed by atoms with Crippen LogP contribution in [-0.4, -0.2) is 19.0 Å². The Kier molecular flexibility index (Phi) is 20.6. The predicted octanol–water partition coefficient (Wildman–Crippen LogP) is 2.40. The molecule has 0 unspecified atom stereocenters. The van der Waals surface area contributed by atoms with E-state index in [4.69, 9.17) is 0 Å². The minimum absolute atomic E-state index is 0.247. The van der Waals surface area contributed by atoms with Gasteiger partial charge in [-0.1, -0.05) is 37.3 Å². The van der Waals surface area contributed by atoms with Crippen molar-refractivity contribution < 1.29 is 0 Å². The maximum absolute atomic E-state index is 3.68. The van der Waals surface area contributed by atoms with Gasteiger partial charge in [0.25, 0.3) is 0 Å². The highest BCUT2D eigenvalue weighted by Crippen LogP contribution is 1.95. The average molecular weight is 200 g/mol. The van der Waals surface area contributed by atoms with Crippen molar-refractivity contribution in [2.24, 2.45) is 0 Å². The molecule has 0 amide bonds. The molecule has 0 aromatic heterocycles. The van der Waals surface area contributed by atoms with Gasteiger partial charge >= 0.3 is 0 Å². The molecule has 0 aromatic carbocycles. The third kappa shape index (κ3) is 22.5. The lowest BCUT2D eigenvalue weighted by Crippen LogP contribution is -1.85. The van der Waals surface area contributed by atoms with Crippen molar-refractivity contribution in [3.05, 3.63) is 25.3 Å². The minimum Gasteiger partial charge on any atom is -0.103 e. The van der Waals surface area contributed by atoms with Gasteiger partial charge in [-0.2, -0.15) is 0 Å². The third-order valence-corrected chi connectivity index (χ3v) is 3.13. The van der Waals surface area contributed by atoms with Crippen LogP contribution in [0, 0.1) is 0 Å². The van der Waals surface area contributed by atoms with Gasteiger partial charge < -0.3 is 0 Å². The highest BCUT2D eigenvalue weighted by atomic mass is 28.2. The fourth-order valence-corrected chi connectivity index (χ4v) is 2.26. The first-order valence-corrected chi connectivity index (χ1v) is 9.88. The second kappa shape index (κ2) is 17.1. The molecule has 0 heterocycles. The minimum atomic E-state index is 0.247. The molecule has 0 nitrogen and oxygen atoms in total. The van der Waals surface area contributed by atoms with E-state index in [0.29, 0.717) is 9.52 Å². The highest BCUT2D eigenvalue weighted by molar-refractivity contribution is 6.35. The molecule has 0 bridgehead atoms. The monoisotopic (exact) mass is 200 g/mol. The number of rotatable bonds is 6. The summed E-state index contributed by atoms with van der Waals surface area (Å²) in [5, 5.41) is 0. The van der Waals surface area contributed by atoms with Crippen LogP contribution in [0.15, 0.2) is 25.3 Å². The topological polar surface area (TPSA) is 0 Å². The summed E-state index contributed by atoms with van der Waals surface area (Å²) in [4.78, 5) is 0. The van der Waals surface area contributed by atoms with Gasteiger partial charge in [-0.05, 0) is 12.8 Å². The molecule has 2 heteroatoms. The van der Waals surface area contributed by atoms with Crippen LogP contribution in [0.1, 0.15) is 12.8 Å².